The Kier molecular flexibility index (Phi) is 5.28. The van der Waals surface area contributed by atoms with Gasteiger partial charge in [0.05, 0.1) is 12.7 Å². The second-order valence-electron chi connectivity index (χ2n) is 5.73. The average Bonchev–Trinajstić information content (AvgIpc) is 2.66. The summed E-state index contributed by atoms with van der Waals surface area (Å²) in [5.74, 6) is 1.29. The topological polar surface area (TPSA) is 110 Å². The number of hydrogen-bond acceptors (Lipinski definition) is 7. The third-order valence-corrected chi connectivity index (χ3v) is 3.77. The van der Waals surface area contributed by atoms with Crippen molar-refractivity contribution in [1.29, 1.82) is 5.26 Å². The minimum Gasteiger partial charge on any atom is -0.496 e. The molecule has 0 saturated heterocycles. The number of allylic oxidation sites excluding steroid dienone is 1. The van der Waals surface area contributed by atoms with E-state index in [1.807, 2.05) is 55.5 Å². The van der Waals surface area contributed by atoms with Gasteiger partial charge in [0.15, 0.2) is 5.82 Å². The third-order valence-electron chi connectivity index (χ3n) is 3.77. The summed E-state index contributed by atoms with van der Waals surface area (Å²) in [7, 11) is 1.62. The van der Waals surface area contributed by atoms with Crippen molar-refractivity contribution < 1.29 is 4.74 Å². The number of para-hydroxylation sites is 1. The molecular weight excluding hydrogens is 340 g/mol. The number of benzene rings is 2. The van der Waals surface area contributed by atoms with Gasteiger partial charge in [-0.1, -0.05) is 24.3 Å². The molecule has 0 fully saturated rings. The Morgan fingerprint density at radius 2 is 1.93 bits per heavy atom. The summed E-state index contributed by atoms with van der Waals surface area (Å²) in [5.41, 5.74) is 8.69. The van der Waals surface area contributed by atoms with Gasteiger partial charge >= 0.3 is 0 Å². The molecule has 1 aromatic heterocycles. The van der Waals surface area contributed by atoms with Gasteiger partial charge in [0.1, 0.15) is 11.8 Å². The Morgan fingerprint density at radius 1 is 1.15 bits per heavy atom. The van der Waals surface area contributed by atoms with E-state index in [4.69, 9.17) is 10.5 Å². The van der Waals surface area contributed by atoms with Gasteiger partial charge in [-0.3, -0.25) is 0 Å². The molecule has 7 heteroatoms. The predicted molar refractivity (Wildman–Crippen MR) is 105 cm³/mol. The van der Waals surface area contributed by atoms with Crippen LogP contribution in [0.2, 0.25) is 0 Å². The molecule has 1 heterocycles. The Balaban J connectivity index is 1.95. The molecule has 0 bridgehead atoms. The number of rotatable bonds is 5. The van der Waals surface area contributed by atoms with Crippen molar-refractivity contribution in [2.75, 3.05) is 18.2 Å². The lowest BCUT2D eigenvalue weighted by molar-refractivity contribution is 0.411. The highest BCUT2D eigenvalue weighted by molar-refractivity contribution is 5.87. The zero-order valence-corrected chi connectivity index (χ0v) is 15.0. The maximum atomic E-state index is 9.58. The molecule has 0 saturated carbocycles. The summed E-state index contributed by atoms with van der Waals surface area (Å²) in [6.45, 7) is 1.94. The van der Waals surface area contributed by atoms with E-state index < -0.39 is 0 Å². The highest BCUT2D eigenvalue weighted by Gasteiger charge is 2.10. The number of nitrogen functional groups attached to an aromatic ring is 1. The molecule has 0 aliphatic heterocycles. The van der Waals surface area contributed by atoms with Crippen LogP contribution in [0.15, 0.2) is 48.5 Å². The number of nitriles is 1. The molecule has 134 valence electrons. The number of aryl methyl sites for hydroxylation is 1. The first-order valence-electron chi connectivity index (χ1n) is 8.19. The zero-order valence-electron chi connectivity index (χ0n) is 15.0. The summed E-state index contributed by atoms with van der Waals surface area (Å²) in [5, 5.41) is 12.6. The Morgan fingerprint density at radius 3 is 2.59 bits per heavy atom. The number of methoxy groups -OCH3 is 1. The first kappa shape index (κ1) is 17.9. The van der Waals surface area contributed by atoms with Gasteiger partial charge in [-0.15, -0.1) is 0 Å². The molecule has 0 aliphatic rings. The molecule has 0 spiro atoms. The lowest BCUT2D eigenvalue weighted by Gasteiger charge is -2.07. The number of nitrogens with one attached hydrogen (secondary N) is 1. The number of hydrogen-bond donors (Lipinski definition) is 2. The van der Waals surface area contributed by atoms with Crippen LogP contribution in [0.1, 0.15) is 17.0 Å². The lowest BCUT2D eigenvalue weighted by atomic mass is 10.1. The molecule has 0 atom stereocenters. The van der Waals surface area contributed by atoms with E-state index in [0.29, 0.717) is 0 Å². The van der Waals surface area contributed by atoms with E-state index in [1.165, 1.54) is 0 Å². The number of nitrogens with zero attached hydrogens (tertiary/aromatic N) is 4. The molecule has 2 aromatic carbocycles. The Labute approximate surface area is 157 Å². The van der Waals surface area contributed by atoms with Gasteiger partial charge < -0.3 is 15.8 Å². The highest BCUT2D eigenvalue weighted by atomic mass is 16.5. The van der Waals surface area contributed by atoms with Crippen LogP contribution in [0.3, 0.4) is 0 Å². The fourth-order valence-corrected chi connectivity index (χ4v) is 2.52. The molecule has 0 radical (unpaired) electrons. The number of aromatic nitrogens is 3. The normalized spacial score (nSPS) is 10.9. The summed E-state index contributed by atoms with van der Waals surface area (Å²) in [6, 6.07) is 17.2. The minimum atomic E-state index is 0.0329. The molecular formula is C20H18N6O. The van der Waals surface area contributed by atoms with Crippen molar-refractivity contribution in [3.8, 4) is 11.8 Å². The summed E-state index contributed by atoms with van der Waals surface area (Å²) < 4.78 is 5.26. The number of ether oxygens (including phenoxy) is 1. The van der Waals surface area contributed by atoms with E-state index in [0.717, 1.165) is 22.6 Å². The second kappa shape index (κ2) is 7.97. The third kappa shape index (κ3) is 4.38. The Hall–Kier alpha value is -3.92. The lowest BCUT2D eigenvalue weighted by Crippen LogP contribution is -2.06. The van der Waals surface area contributed by atoms with Crippen LogP contribution in [0.4, 0.5) is 17.6 Å². The molecule has 3 rings (SSSR count). The smallest absolute Gasteiger partial charge is 0.232 e. The van der Waals surface area contributed by atoms with E-state index in [1.54, 1.807) is 13.2 Å². The SMILES string of the molecule is COc1ccc(/C=C(\C#N)c2nc(N)nc(Nc3ccccc3)n2)cc1C. The average molecular weight is 358 g/mol. The van der Waals surface area contributed by atoms with Gasteiger partial charge in [0, 0.05) is 5.69 Å². The predicted octanol–water partition coefficient (Wildman–Crippen LogP) is 3.58. The van der Waals surface area contributed by atoms with Crippen molar-refractivity contribution in [3.05, 3.63) is 65.5 Å². The van der Waals surface area contributed by atoms with Gasteiger partial charge in [0.2, 0.25) is 11.9 Å². The van der Waals surface area contributed by atoms with Crippen molar-refractivity contribution in [2.24, 2.45) is 0 Å². The maximum absolute atomic E-state index is 9.58. The van der Waals surface area contributed by atoms with Crippen LogP contribution in [0, 0.1) is 18.3 Å². The molecule has 3 N–H and O–H groups in total. The molecule has 27 heavy (non-hydrogen) atoms. The molecule has 0 aliphatic carbocycles. The number of nitrogens with two attached hydrogens (primary N) is 1. The zero-order chi connectivity index (χ0) is 19.2. The van der Waals surface area contributed by atoms with Crippen LogP contribution < -0.4 is 15.8 Å². The summed E-state index contributed by atoms with van der Waals surface area (Å²) in [6.07, 6.45) is 1.70. The Bertz CT molecular complexity index is 1020. The number of anilines is 3. The van der Waals surface area contributed by atoms with Crippen molar-refractivity contribution in [3.63, 3.8) is 0 Å². The maximum Gasteiger partial charge on any atom is 0.232 e. The van der Waals surface area contributed by atoms with E-state index >= 15 is 0 Å². The van der Waals surface area contributed by atoms with Crippen molar-refractivity contribution >= 4 is 29.2 Å². The van der Waals surface area contributed by atoms with Crippen LogP contribution in [0.5, 0.6) is 5.75 Å². The van der Waals surface area contributed by atoms with E-state index in [2.05, 4.69) is 26.3 Å². The molecule has 0 amide bonds. The molecule has 3 aromatic rings. The van der Waals surface area contributed by atoms with E-state index in [9.17, 15) is 5.26 Å². The van der Waals surface area contributed by atoms with Crippen LogP contribution >= 0.6 is 0 Å². The van der Waals surface area contributed by atoms with Gasteiger partial charge in [0.25, 0.3) is 0 Å². The van der Waals surface area contributed by atoms with Gasteiger partial charge in [-0.2, -0.15) is 20.2 Å². The van der Waals surface area contributed by atoms with Crippen LogP contribution in [-0.2, 0) is 0 Å². The summed E-state index contributed by atoms with van der Waals surface area (Å²) in [4.78, 5) is 12.5. The standard InChI is InChI=1S/C20H18N6O/c1-13-10-14(8-9-17(13)27-2)11-15(12-21)18-24-19(22)26-20(25-18)23-16-6-4-3-5-7-16/h3-11H,1-2H3,(H3,22,23,24,25,26)/b15-11+. The van der Waals surface area contributed by atoms with Gasteiger partial charge in [-0.25, -0.2) is 0 Å². The largest absolute Gasteiger partial charge is 0.496 e. The first-order chi connectivity index (χ1) is 13.1. The fourth-order valence-electron chi connectivity index (χ4n) is 2.52. The highest BCUT2D eigenvalue weighted by Crippen LogP contribution is 2.22. The first-order valence-corrected chi connectivity index (χ1v) is 8.19. The van der Waals surface area contributed by atoms with Gasteiger partial charge in [-0.05, 0) is 48.4 Å². The molecule has 7 nitrogen and oxygen atoms in total. The fraction of sp³-hybridized carbons (Fsp3) is 0.100. The van der Waals surface area contributed by atoms with Crippen molar-refractivity contribution in [2.45, 2.75) is 6.92 Å². The van der Waals surface area contributed by atoms with Crippen LogP contribution in [0.25, 0.3) is 11.6 Å². The van der Waals surface area contributed by atoms with Crippen molar-refractivity contribution in [1.82, 2.24) is 15.0 Å². The monoisotopic (exact) mass is 358 g/mol. The summed E-state index contributed by atoms with van der Waals surface area (Å²) >= 11 is 0. The molecule has 0 unspecified atom stereocenters. The van der Waals surface area contributed by atoms with Crippen LogP contribution in [-0.4, -0.2) is 22.1 Å². The minimum absolute atomic E-state index is 0.0329. The quantitative estimate of drug-likeness (QED) is 0.671. The van der Waals surface area contributed by atoms with E-state index in [-0.39, 0.29) is 23.3 Å². The second-order valence-corrected chi connectivity index (χ2v) is 5.73.